The minimum atomic E-state index is 0.220. The van der Waals surface area contributed by atoms with Gasteiger partial charge in [0.15, 0.2) is 0 Å². The fourth-order valence-electron chi connectivity index (χ4n) is 7.07. The molecule has 1 fully saturated rings. The van der Waals surface area contributed by atoms with Gasteiger partial charge in [0.25, 0.3) is 0 Å². The Morgan fingerprint density at radius 1 is 0.897 bits per heavy atom. The van der Waals surface area contributed by atoms with Crippen LogP contribution in [0, 0.1) is 17.8 Å². The Hall–Kier alpha value is -3.39. The Morgan fingerprint density at radius 3 is 2.44 bits per heavy atom. The van der Waals surface area contributed by atoms with Crippen molar-refractivity contribution in [3.63, 3.8) is 0 Å². The third kappa shape index (κ3) is 4.29. The standard InChI is InChI=1S/C37H39NO/c1-22-15-28-27-9-7-8-10-32(27)39-35(28)30(16-22)34-29-20-25(24-11-13-37(5,6)14-12-24)19-26-17-23(21-36(2,3)4)18-31(38-34)33(26)29/h7-10,15-20,24H,11-14,21H2,1-6H3. The number of hydrogen-bond acceptors (Lipinski definition) is 2. The van der Waals surface area contributed by atoms with Gasteiger partial charge in [0.1, 0.15) is 11.2 Å². The first-order chi connectivity index (χ1) is 18.5. The molecule has 2 heteroatoms. The van der Waals surface area contributed by atoms with Crippen molar-refractivity contribution in [1.82, 2.24) is 0 Å². The Bertz CT molecular complexity index is 1800. The molecule has 1 aliphatic heterocycles. The van der Waals surface area contributed by atoms with Crippen molar-refractivity contribution in [2.24, 2.45) is 15.8 Å². The van der Waals surface area contributed by atoms with Crippen LogP contribution < -0.4 is 0 Å². The normalized spacial score (nSPS) is 17.4. The van der Waals surface area contributed by atoms with Gasteiger partial charge in [-0.25, -0.2) is 4.99 Å². The summed E-state index contributed by atoms with van der Waals surface area (Å²) in [6.45, 7) is 14.0. The highest BCUT2D eigenvalue weighted by Gasteiger charge is 2.30. The van der Waals surface area contributed by atoms with Crippen LogP contribution in [0.4, 0.5) is 5.69 Å². The third-order valence-electron chi connectivity index (χ3n) is 9.02. The van der Waals surface area contributed by atoms with Crippen LogP contribution >= 0.6 is 0 Å². The van der Waals surface area contributed by atoms with Crippen molar-refractivity contribution in [3.8, 4) is 0 Å². The smallest absolute Gasteiger partial charge is 0.144 e. The summed E-state index contributed by atoms with van der Waals surface area (Å²) >= 11 is 0. The van der Waals surface area contributed by atoms with Crippen LogP contribution in [0.15, 0.2) is 70.1 Å². The van der Waals surface area contributed by atoms with Crippen LogP contribution in [0.5, 0.6) is 0 Å². The van der Waals surface area contributed by atoms with E-state index in [1.54, 1.807) is 0 Å². The number of para-hydroxylation sites is 1. The van der Waals surface area contributed by atoms with Crippen molar-refractivity contribution < 1.29 is 4.42 Å². The highest BCUT2D eigenvalue weighted by Crippen LogP contribution is 2.47. The van der Waals surface area contributed by atoms with Gasteiger partial charge in [-0.1, -0.05) is 65.0 Å². The summed E-state index contributed by atoms with van der Waals surface area (Å²) in [4.78, 5) is 5.38. The fourth-order valence-corrected chi connectivity index (χ4v) is 7.07. The number of aliphatic imine (C=N–C) groups is 1. The van der Waals surface area contributed by atoms with Crippen LogP contribution in [0.1, 0.15) is 94.0 Å². The zero-order valence-electron chi connectivity index (χ0n) is 24.2. The van der Waals surface area contributed by atoms with Crippen LogP contribution in [0.3, 0.4) is 0 Å². The molecule has 0 atom stereocenters. The number of hydrogen-bond donors (Lipinski definition) is 0. The predicted molar refractivity (Wildman–Crippen MR) is 166 cm³/mol. The van der Waals surface area contributed by atoms with Crippen LogP contribution in [-0.2, 0) is 6.42 Å². The van der Waals surface area contributed by atoms with Crippen molar-refractivity contribution in [2.75, 3.05) is 0 Å². The Balaban J connectivity index is 1.45. The number of furan rings is 1. The summed E-state index contributed by atoms with van der Waals surface area (Å²) in [5.74, 6) is 0.610. The molecule has 2 nitrogen and oxygen atoms in total. The van der Waals surface area contributed by atoms with Gasteiger partial charge in [0, 0.05) is 27.3 Å². The third-order valence-corrected chi connectivity index (χ3v) is 9.02. The molecule has 4 aromatic carbocycles. The second kappa shape index (κ2) is 8.55. The molecular formula is C37H39NO. The quantitative estimate of drug-likeness (QED) is 0.231. The Morgan fingerprint density at radius 2 is 1.67 bits per heavy atom. The molecule has 0 unspecified atom stereocenters. The number of aryl methyl sites for hydroxylation is 1. The lowest BCUT2D eigenvalue weighted by atomic mass is 9.71. The van der Waals surface area contributed by atoms with E-state index in [0.717, 1.165) is 34.5 Å². The molecule has 0 bridgehead atoms. The summed E-state index contributed by atoms with van der Waals surface area (Å²) in [5.41, 5.74) is 11.2. The maximum absolute atomic E-state index is 6.52. The average Bonchev–Trinajstić information content (AvgIpc) is 3.41. The number of rotatable bonds is 3. The number of nitrogens with zero attached hydrogens (tertiary/aromatic N) is 1. The highest BCUT2D eigenvalue weighted by molar-refractivity contribution is 6.30. The summed E-state index contributed by atoms with van der Waals surface area (Å²) in [7, 11) is 0. The van der Waals surface area contributed by atoms with E-state index in [9.17, 15) is 0 Å². The van der Waals surface area contributed by atoms with Gasteiger partial charge in [-0.15, -0.1) is 0 Å². The maximum atomic E-state index is 6.52. The zero-order chi connectivity index (χ0) is 27.1. The number of fused-ring (bicyclic) bond motifs is 3. The summed E-state index contributed by atoms with van der Waals surface area (Å²) in [6, 6.07) is 22.6. The first-order valence-corrected chi connectivity index (χ1v) is 14.7. The molecular weight excluding hydrogens is 474 g/mol. The largest absolute Gasteiger partial charge is 0.455 e. The van der Waals surface area contributed by atoms with Gasteiger partial charge in [-0.05, 0) is 108 Å². The molecule has 5 aromatic rings. The second-order valence-electron chi connectivity index (χ2n) is 14.2. The molecule has 1 saturated carbocycles. The molecule has 2 aliphatic rings. The molecule has 7 rings (SSSR count). The molecule has 39 heavy (non-hydrogen) atoms. The van der Waals surface area contributed by atoms with E-state index in [1.807, 2.05) is 0 Å². The van der Waals surface area contributed by atoms with Gasteiger partial charge in [-0.3, -0.25) is 0 Å². The fraction of sp³-hybridized carbons (Fsp3) is 0.378. The Labute approximate surface area is 232 Å². The summed E-state index contributed by atoms with van der Waals surface area (Å²) in [6.07, 6.45) is 6.14. The highest BCUT2D eigenvalue weighted by atomic mass is 16.3. The van der Waals surface area contributed by atoms with E-state index in [4.69, 9.17) is 9.41 Å². The first-order valence-electron chi connectivity index (χ1n) is 14.7. The first kappa shape index (κ1) is 24.6. The predicted octanol–water partition coefficient (Wildman–Crippen LogP) is 10.8. The van der Waals surface area contributed by atoms with Gasteiger partial charge < -0.3 is 4.42 Å². The van der Waals surface area contributed by atoms with Gasteiger partial charge >= 0.3 is 0 Å². The van der Waals surface area contributed by atoms with Crippen LogP contribution in [0.2, 0.25) is 0 Å². The van der Waals surface area contributed by atoms with Crippen molar-refractivity contribution in [3.05, 3.63) is 88.5 Å². The summed E-state index contributed by atoms with van der Waals surface area (Å²) < 4.78 is 6.52. The number of benzene rings is 4. The molecule has 0 radical (unpaired) electrons. The molecule has 0 N–H and O–H groups in total. The van der Waals surface area contributed by atoms with E-state index in [1.165, 1.54) is 69.5 Å². The minimum absolute atomic E-state index is 0.220. The molecule has 198 valence electrons. The monoisotopic (exact) mass is 513 g/mol. The lowest BCUT2D eigenvalue weighted by Gasteiger charge is -2.34. The lowest BCUT2D eigenvalue weighted by Crippen LogP contribution is -2.20. The van der Waals surface area contributed by atoms with Crippen LogP contribution in [0.25, 0.3) is 32.7 Å². The van der Waals surface area contributed by atoms with E-state index < -0.39 is 0 Å². The van der Waals surface area contributed by atoms with E-state index in [-0.39, 0.29) is 5.41 Å². The van der Waals surface area contributed by atoms with Crippen LogP contribution in [-0.4, -0.2) is 5.71 Å². The zero-order valence-corrected chi connectivity index (χ0v) is 24.2. The SMILES string of the molecule is Cc1cc(C2=Nc3cc(CC(C)(C)C)cc4cc(C5CCC(C)(C)CC5)cc2c34)c2oc3ccccc3c2c1. The molecule has 1 aromatic heterocycles. The second-order valence-corrected chi connectivity index (χ2v) is 14.2. The molecule has 2 heterocycles. The molecule has 1 aliphatic carbocycles. The molecule has 0 spiro atoms. The molecule has 0 saturated heterocycles. The topological polar surface area (TPSA) is 25.5 Å². The van der Waals surface area contributed by atoms with Crippen molar-refractivity contribution >= 4 is 44.1 Å². The summed E-state index contributed by atoms with van der Waals surface area (Å²) in [5, 5.41) is 4.99. The van der Waals surface area contributed by atoms with E-state index >= 15 is 0 Å². The minimum Gasteiger partial charge on any atom is -0.455 e. The van der Waals surface area contributed by atoms with E-state index in [0.29, 0.717) is 11.3 Å². The van der Waals surface area contributed by atoms with Gasteiger partial charge in [-0.2, -0.15) is 0 Å². The van der Waals surface area contributed by atoms with Gasteiger partial charge in [0.05, 0.1) is 11.4 Å². The maximum Gasteiger partial charge on any atom is 0.144 e. The molecule has 0 amide bonds. The Kier molecular flexibility index (Phi) is 5.40. The van der Waals surface area contributed by atoms with Crippen molar-refractivity contribution in [2.45, 2.75) is 79.6 Å². The lowest BCUT2D eigenvalue weighted by molar-refractivity contribution is 0.224. The van der Waals surface area contributed by atoms with Crippen molar-refractivity contribution in [1.29, 1.82) is 0 Å². The van der Waals surface area contributed by atoms with Gasteiger partial charge in [0.2, 0.25) is 0 Å². The average molecular weight is 514 g/mol. The van der Waals surface area contributed by atoms with E-state index in [2.05, 4.69) is 102 Å².